The second-order valence-electron chi connectivity index (χ2n) is 3.18. The Balaban J connectivity index is 2.32. The lowest BCUT2D eigenvalue weighted by Crippen LogP contribution is -2.00. The second kappa shape index (κ2) is 2.33. The molecule has 1 aromatic rings. The highest BCUT2D eigenvalue weighted by Gasteiger charge is 2.40. The number of benzene rings is 1. The summed E-state index contributed by atoms with van der Waals surface area (Å²) in [5.74, 6) is 0. The van der Waals surface area contributed by atoms with Gasteiger partial charge in [0, 0.05) is 0 Å². The Hall–Kier alpha value is -1.33. The molecule has 0 spiro atoms. The number of hydrogen-bond acceptors (Lipinski definition) is 1. The van der Waals surface area contributed by atoms with Crippen LogP contribution in [0.5, 0.6) is 0 Å². The summed E-state index contributed by atoms with van der Waals surface area (Å²) in [5.41, 5.74) is 1.78. The first-order valence-electron chi connectivity index (χ1n) is 3.86. The molecule has 1 fully saturated rings. The van der Waals surface area contributed by atoms with Crippen molar-refractivity contribution in [1.29, 1.82) is 0 Å². The maximum Gasteiger partial charge on any atom is 0.187 e. The molecule has 0 radical (unpaired) electrons. The highest BCUT2D eigenvalue weighted by atomic mass is 16.6. The third-order valence-corrected chi connectivity index (χ3v) is 2.18. The van der Waals surface area contributed by atoms with Crippen molar-refractivity contribution < 1.29 is 4.74 Å². The van der Waals surface area contributed by atoms with E-state index in [4.69, 9.17) is 11.3 Å². The van der Waals surface area contributed by atoms with Gasteiger partial charge < -0.3 is 4.74 Å². The molecule has 1 aromatic carbocycles. The molecule has 2 heteroatoms. The van der Waals surface area contributed by atoms with E-state index < -0.39 is 0 Å². The first kappa shape index (κ1) is 7.33. The molecule has 1 atom stereocenters. The molecule has 1 aliphatic heterocycles. The predicted molar refractivity (Wildman–Crippen MR) is 46.0 cm³/mol. The summed E-state index contributed by atoms with van der Waals surface area (Å²) in [6, 6.07) is 7.57. The fraction of sp³-hybridized carbons (Fsp3) is 0.300. The summed E-state index contributed by atoms with van der Waals surface area (Å²) in [7, 11) is 0. The van der Waals surface area contributed by atoms with E-state index in [1.807, 2.05) is 24.3 Å². The fourth-order valence-corrected chi connectivity index (χ4v) is 1.16. The van der Waals surface area contributed by atoms with Crippen molar-refractivity contribution >= 4 is 5.69 Å². The first-order valence-corrected chi connectivity index (χ1v) is 3.86. The van der Waals surface area contributed by atoms with Gasteiger partial charge in [0.05, 0.1) is 13.2 Å². The fourth-order valence-electron chi connectivity index (χ4n) is 1.16. The lowest BCUT2D eigenvalue weighted by Gasteiger charge is -2.03. The van der Waals surface area contributed by atoms with Gasteiger partial charge in [0.25, 0.3) is 0 Å². The van der Waals surface area contributed by atoms with Gasteiger partial charge in [0.15, 0.2) is 5.69 Å². The summed E-state index contributed by atoms with van der Waals surface area (Å²) >= 11 is 0. The number of nitrogens with zero attached hydrogens (tertiary/aromatic N) is 1. The minimum atomic E-state index is -0.0689. The van der Waals surface area contributed by atoms with Gasteiger partial charge in [0.2, 0.25) is 0 Å². The van der Waals surface area contributed by atoms with Crippen LogP contribution >= 0.6 is 0 Å². The van der Waals surface area contributed by atoms with E-state index >= 15 is 0 Å². The Labute approximate surface area is 71.6 Å². The van der Waals surface area contributed by atoms with Crippen LogP contribution in [0.4, 0.5) is 5.69 Å². The van der Waals surface area contributed by atoms with Crippen LogP contribution in [0.2, 0.25) is 0 Å². The predicted octanol–water partition coefficient (Wildman–Crippen LogP) is 2.48. The van der Waals surface area contributed by atoms with E-state index in [1.165, 1.54) is 0 Å². The molecule has 1 heterocycles. The Morgan fingerprint density at radius 2 is 2.00 bits per heavy atom. The van der Waals surface area contributed by atoms with Crippen LogP contribution in [0.3, 0.4) is 0 Å². The lowest BCUT2D eigenvalue weighted by molar-refractivity contribution is 0.329. The highest BCUT2D eigenvalue weighted by Crippen LogP contribution is 2.38. The molecule has 0 saturated carbocycles. The summed E-state index contributed by atoms with van der Waals surface area (Å²) in [5, 5.41) is 0. The molecule has 0 aromatic heterocycles. The summed E-state index contributed by atoms with van der Waals surface area (Å²) in [4.78, 5) is 3.32. The van der Waals surface area contributed by atoms with Crippen molar-refractivity contribution in [3.63, 3.8) is 0 Å². The maximum atomic E-state index is 6.78. The number of rotatable bonds is 1. The van der Waals surface area contributed by atoms with E-state index in [-0.39, 0.29) is 5.60 Å². The van der Waals surface area contributed by atoms with E-state index in [1.54, 1.807) is 0 Å². The van der Waals surface area contributed by atoms with Crippen LogP contribution in [-0.2, 0) is 10.3 Å². The molecule has 0 bridgehead atoms. The average molecular weight is 159 g/mol. The average Bonchev–Trinajstić information content (AvgIpc) is 2.85. The molecule has 2 rings (SSSR count). The van der Waals surface area contributed by atoms with Crippen LogP contribution in [-0.4, -0.2) is 6.61 Å². The van der Waals surface area contributed by atoms with Gasteiger partial charge in [0.1, 0.15) is 5.60 Å². The zero-order valence-electron chi connectivity index (χ0n) is 6.87. The number of hydrogen-bond donors (Lipinski definition) is 0. The minimum absolute atomic E-state index is 0.0689. The molecular weight excluding hydrogens is 150 g/mol. The molecule has 1 unspecified atom stereocenters. The van der Waals surface area contributed by atoms with Crippen molar-refractivity contribution in [1.82, 2.24) is 0 Å². The maximum absolute atomic E-state index is 6.78. The largest absolute Gasteiger partial charge is 0.365 e. The molecule has 1 aliphatic rings. The monoisotopic (exact) mass is 159 g/mol. The highest BCUT2D eigenvalue weighted by molar-refractivity contribution is 5.46. The van der Waals surface area contributed by atoms with Gasteiger partial charge in [-0.15, -0.1) is 0 Å². The van der Waals surface area contributed by atoms with Crippen molar-refractivity contribution in [2.45, 2.75) is 12.5 Å². The Morgan fingerprint density at radius 1 is 1.42 bits per heavy atom. The summed E-state index contributed by atoms with van der Waals surface area (Å²) in [6.45, 7) is 9.63. The first-order chi connectivity index (χ1) is 5.74. The second-order valence-corrected chi connectivity index (χ2v) is 3.18. The zero-order chi connectivity index (χ0) is 8.60. The molecule has 0 amide bonds. The van der Waals surface area contributed by atoms with Crippen molar-refractivity contribution in [2.24, 2.45) is 0 Å². The molecule has 60 valence electrons. The van der Waals surface area contributed by atoms with Crippen LogP contribution in [0, 0.1) is 6.57 Å². The third kappa shape index (κ3) is 1.09. The number of ether oxygens (including phenoxy) is 1. The molecule has 2 nitrogen and oxygen atoms in total. The van der Waals surface area contributed by atoms with Crippen molar-refractivity contribution in [2.75, 3.05) is 6.61 Å². The van der Waals surface area contributed by atoms with Gasteiger partial charge in [-0.1, -0.05) is 24.3 Å². The van der Waals surface area contributed by atoms with E-state index in [2.05, 4.69) is 11.8 Å². The van der Waals surface area contributed by atoms with Crippen LogP contribution < -0.4 is 0 Å². The normalized spacial score (nSPS) is 26.3. The third-order valence-electron chi connectivity index (χ3n) is 2.18. The van der Waals surface area contributed by atoms with Crippen molar-refractivity contribution in [3.8, 4) is 0 Å². The molecular formula is C10H9NO. The van der Waals surface area contributed by atoms with Gasteiger partial charge in [-0.3, -0.25) is 0 Å². The van der Waals surface area contributed by atoms with Crippen LogP contribution in [0.1, 0.15) is 12.5 Å². The molecule has 0 aliphatic carbocycles. The molecule has 1 saturated heterocycles. The lowest BCUT2D eigenvalue weighted by atomic mass is 10.0. The number of epoxide rings is 1. The van der Waals surface area contributed by atoms with E-state index in [9.17, 15) is 0 Å². The quantitative estimate of drug-likeness (QED) is 0.454. The van der Waals surface area contributed by atoms with Crippen LogP contribution in [0.15, 0.2) is 24.3 Å². The van der Waals surface area contributed by atoms with Gasteiger partial charge in [-0.05, 0) is 12.5 Å². The minimum Gasteiger partial charge on any atom is -0.365 e. The molecule has 12 heavy (non-hydrogen) atoms. The van der Waals surface area contributed by atoms with E-state index in [0.717, 1.165) is 12.2 Å². The van der Waals surface area contributed by atoms with E-state index in [0.29, 0.717) is 5.69 Å². The summed E-state index contributed by atoms with van der Waals surface area (Å²) in [6.07, 6.45) is 0. The Morgan fingerprint density at radius 3 is 2.42 bits per heavy atom. The van der Waals surface area contributed by atoms with Crippen molar-refractivity contribution in [3.05, 3.63) is 41.2 Å². The van der Waals surface area contributed by atoms with Gasteiger partial charge >= 0.3 is 0 Å². The SMILES string of the molecule is [C-]#[N+]c1ccc(C2(C)CO2)cc1. The smallest absolute Gasteiger partial charge is 0.187 e. The summed E-state index contributed by atoms with van der Waals surface area (Å²) < 4.78 is 5.28. The zero-order valence-corrected chi connectivity index (χ0v) is 6.87. The standard InChI is InChI=1S/C10H9NO/c1-10(7-12-10)8-3-5-9(11-2)6-4-8/h3-6H,7H2,1H3. The van der Waals surface area contributed by atoms with Gasteiger partial charge in [-0.25, -0.2) is 4.85 Å². The van der Waals surface area contributed by atoms with Gasteiger partial charge in [-0.2, -0.15) is 0 Å². The Kier molecular flexibility index (Phi) is 1.42. The topological polar surface area (TPSA) is 16.9 Å². The van der Waals surface area contributed by atoms with Crippen LogP contribution in [0.25, 0.3) is 4.85 Å². The molecule has 0 N–H and O–H groups in total. The Bertz CT molecular complexity index is 330.